The van der Waals surface area contributed by atoms with Crippen LogP contribution in [0.2, 0.25) is 0 Å². The van der Waals surface area contributed by atoms with E-state index in [2.05, 4.69) is 17.2 Å². The first-order valence-electron chi connectivity index (χ1n) is 8.87. The van der Waals surface area contributed by atoms with Gasteiger partial charge in [0.2, 0.25) is 0 Å². The maximum Gasteiger partial charge on any atom is 0.193 e. The van der Waals surface area contributed by atoms with Crippen molar-refractivity contribution in [2.45, 2.75) is 19.8 Å². The summed E-state index contributed by atoms with van der Waals surface area (Å²) in [6, 6.07) is 13.7. The molecule has 3 rings (SSSR count). The topological polar surface area (TPSA) is 78.1 Å². The van der Waals surface area contributed by atoms with E-state index in [-0.39, 0.29) is 24.0 Å². The van der Waals surface area contributed by atoms with Crippen LogP contribution in [0.1, 0.15) is 18.4 Å². The molecule has 0 saturated heterocycles. The molecule has 0 radical (unpaired) electrons. The van der Waals surface area contributed by atoms with Gasteiger partial charge in [0.25, 0.3) is 0 Å². The Labute approximate surface area is 177 Å². The Balaban J connectivity index is 0.00000261. The normalized spacial score (nSPS) is 13.3. The number of hydrogen-bond donors (Lipinski definition) is 2. The van der Waals surface area contributed by atoms with Gasteiger partial charge in [0.1, 0.15) is 5.75 Å². The van der Waals surface area contributed by atoms with E-state index < -0.39 is 0 Å². The van der Waals surface area contributed by atoms with Crippen LogP contribution in [0.3, 0.4) is 0 Å². The van der Waals surface area contributed by atoms with Crippen LogP contribution in [-0.4, -0.2) is 32.3 Å². The van der Waals surface area contributed by atoms with E-state index in [1.807, 2.05) is 42.5 Å². The molecule has 6 nitrogen and oxygen atoms in total. The van der Waals surface area contributed by atoms with Crippen LogP contribution in [0.15, 0.2) is 47.5 Å². The number of aryl methyl sites for hydroxylation is 1. The molecule has 27 heavy (non-hydrogen) atoms. The Morgan fingerprint density at radius 1 is 1.11 bits per heavy atom. The van der Waals surface area contributed by atoms with E-state index in [0.717, 1.165) is 35.8 Å². The van der Waals surface area contributed by atoms with Crippen LogP contribution in [0, 0.1) is 6.92 Å². The average molecular weight is 483 g/mol. The quantitative estimate of drug-likeness (QED) is 0.282. The van der Waals surface area contributed by atoms with Crippen molar-refractivity contribution in [2.24, 2.45) is 10.7 Å². The third kappa shape index (κ3) is 6.82. The number of anilines is 1. The Bertz CT molecular complexity index is 751. The standard InChI is InChI=1S/C20H25N3O3.HI/c1-15-4-7-17(8-5-15)24-11-2-10-22-20(21)23-16-6-9-18-19(14-16)26-13-3-12-25-18;/h4-9,14H,2-3,10-13H2,1H3,(H3,21,22,23);1H. The molecule has 0 atom stereocenters. The number of ether oxygens (including phenoxy) is 3. The van der Waals surface area contributed by atoms with Crippen molar-refractivity contribution in [3.8, 4) is 17.2 Å². The maximum absolute atomic E-state index is 5.95. The smallest absolute Gasteiger partial charge is 0.193 e. The third-order valence-electron chi connectivity index (χ3n) is 3.89. The minimum atomic E-state index is 0. The predicted octanol–water partition coefficient (Wildman–Crippen LogP) is 3.97. The molecule has 1 aliphatic heterocycles. The molecular weight excluding hydrogens is 457 g/mol. The molecule has 0 aliphatic carbocycles. The molecular formula is C20H26IN3O3. The fourth-order valence-electron chi connectivity index (χ4n) is 2.52. The zero-order valence-corrected chi connectivity index (χ0v) is 17.8. The molecule has 0 unspecified atom stereocenters. The predicted molar refractivity (Wildman–Crippen MR) is 119 cm³/mol. The molecule has 0 saturated carbocycles. The van der Waals surface area contributed by atoms with Crippen molar-refractivity contribution in [3.05, 3.63) is 48.0 Å². The van der Waals surface area contributed by atoms with E-state index in [1.54, 1.807) is 0 Å². The number of aliphatic imine (C=N–C) groups is 1. The van der Waals surface area contributed by atoms with Crippen molar-refractivity contribution in [1.29, 1.82) is 0 Å². The minimum Gasteiger partial charge on any atom is -0.494 e. The Kier molecular flexibility index (Phi) is 8.50. The molecule has 7 heteroatoms. The van der Waals surface area contributed by atoms with Gasteiger partial charge < -0.3 is 25.3 Å². The van der Waals surface area contributed by atoms with Gasteiger partial charge in [0.05, 0.1) is 19.8 Å². The maximum atomic E-state index is 5.95. The van der Waals surface area contributed by atoms with Crippen molar-refractivity contribution in [1.82, 2.24) is 0 Å². The second-order valence-corrected chi connectivity index (χ2v) is 6.12. The SMILES string of the molecule is Cc1ccc(OCCCN=C(N)Nc2ccc3c(c2)OCCCO3)cc1.I. The lowest BCUT2D eigenvalue weighted by Crippen LogP contribution is -2.23. The van der Waals surface area contributed by atoms with Gasteiger partial charge in [0.15, 0.2) is 17.5 Å². The summed E-state index contributed by atoms with van der Waals surface area (Å²) < 4.78 is 17.0. The van der Waals surface area contributed by atoms with E-state index >= 15 is 0 Å². The van der Waals surface area contributed by atoms with E-state index in [9.17, 15) is 0 Å². The van der Waals surface area contributed by atoms with Crippen molar-refractivity contribution >= 4 is 35.6 Å². The Morgan fingerprint density at radius 3 is 2.63 bits per heavy atom. The van der Waals surface area contributed by atoms with Gasteiger partial charge in [-0.3, -0.25) is 4.99 Å². The highest BCUT2D eigenvalue weighted by Crippen LogP contribution is 2.32. The molecule has 2 aromatic carbocycles. The highest BCUT2D eigenvalue weighted by atomic mass is 127. The molecule has 0 bridgehead atoms. The van der Waals surface area contributed by atoms with E-state index in [4.69, 9.17) is 19.9 Å². The lowest BCUT2D eigenvalue weighted by molar-refractivity contribution is 0.297. The number of nitrogens with zero attached hydrogens (tertiary/aromatic N) is 1. The summed E-state index contributed by atoms with van der Waals surface area (Å²) >= 11 is 0. The van der Waals surface area contributed by atoms with Gasteiger partial charge in [0, 0.05) is 31.1 Å². The van der Waals surface area contributed by atoms with E-state index in [1.165, 1.54) is 5.56 Å². The third-order valence-corrected chi connectivity index (χ3v) is 3.89. The molecule has 0 spiro atoms. The number of benzene rings is 2. The largest absolute Gasteiger partial charge is 0.494 e. The number of hydrogen-bond acceptors (Lipinski definition) is 4. The molecule has 2 aromatic rings. The number of nitrogens with two attached hydrogens (primary N) is 1. The second kappa shape index (κ2) is 10.9. The fourth-order valence-corrected chi connectivity index (χ4v) is 2.52. The summed E-state index contributed by atoms with van der Waals surface area (Å²) in [4.78, 5) is 4.33. The number of nitrogens with one attached hydrogen (secondary N) is 1. The average Bonchev–Trinajstić information content (AvgIpc) is 2.88. The van der Waals surface area contributed by atoms with E-state index in [0.29, 0.717) is 32.3 Å². The van der Waals surface area contributed by atoms with Crippen LogP contribution < -0.4 is 25.3 Å². The van der Waals surface area contributed by atoms with Crippen molar-refractivity contribution < 1.29 is 14.2 Å². The van der Waals surface area contributed by atoms with Crippen molar-refractivity contribution in [2.75, 3.05) is 31.7 Å². The molecule has 0 aromatic heterocycles. The van der Waals surface area contributed by atoms with Gasteiger partial charge in [-0.25, -0.2) is 0 Å². The van der Waals surface area contributed by atoms with Crippen molar-refractivity contribution in [3.63, 3.8) is 0 Å². The summed E-state index contributed by atoms with van der Waals surface area (Å²) in [7, 11) is 0. The van der Waals surface area contributed by atoms with Crippen LogP contribution in [0.4, 0.5) is 5.69 Å². The number of fused-ring (bicyclic) bond motifs is 1. The van der Waals surface area contributed by atoms with Crippen LogP contribution in [0.5, 0.6) is 17.2 Å². The Morgan fingerprint density at radius 2 is 1.85 bits per heavy atom. The molecule has 1 aliphatic rings. The van der Waals surface area contributed by atoms with Gasteiger partial charge in [-0.05, 0) is 31.2 Å². The first-order chi connectivity index (χ1) is 12.7. The number of halogens is 1. The summed E-state index contributed by atoms with van der Waals surface area (Å²) in [6.45, 7) is 4.58. The molecule has 0 fully saturated rings. The molecule has 3 N–H and O–H groups in total. The van der Waals surface area contributed by atoms with Gasteiger partial charge in [-0.2, -0.15) is 0 Å². The monoisotopic (exact) mass is 483 g/mol. The summed E-state index contributed by atoms with van der Waals surface area (Å²) in [6.07, 6.45) is 1.67. The summed E-state index contributed by atoms with van der Waals surface area (Å²) in [5, 5.41) is 3.08. The highest BCUT2D eigenvalue weighted by Gasteiger charge is 2.10. The lowest BCUT2D eigenvalue weighted by Gasteiger charge is -2.11. The first kappa shape index (κ1) is 21.1. The fraction of sp³-hybridized carbons (Fsp3) is 0.350. The van der Waals surface area contributed by atoms with Gasteiger partial charge >= 0.3 is 0 Å². The lowest BCUT2D eigenvalue weighted by atomic mass is 10.2. The van der Waals surface area contributed by atoms with Crippen LogP contribution in [0.25, 0.3) is 0 Å². The highest BCUT2D eigenvalue weighted by molar-refractivity contribution is 14.0. The minimum absolute atomic E-state index is 0. The summed E-state index contributed by atoms with van der Waals surface area (Å²) in [5.41, 5.74) is 7.99. The molecule has 1 heterocycles. The van der Waals surface area contributed by atoms with Gasteiger partial charge in [-0.15, -0.1) is 24.0 Å². The number of rotatable bonds is 6. The number of guanidine groups is 1. The Hall–Kier alpha value is -2.16. The van der Waals surface area contributed by atoms with Gasteiger partial charge in [-0.1, -0.05) is 17.7 Å². The first-order valence-corrected chi connectivity index (χ1v) is 8.87. The van der Waals surface area contributed by atoms with Crippen LogP contribution in [-0.2, 0) is 0 Å². The molecule has 146 valence electrons. The zero-order valence-electron chi connectivity index (χ0n) is 15.4. The molecule has 0 amide bonds. The zero-order chi connectivity index (χ0) is 18.2. The second-order valence-electron chi connectivity index (χ2n) is 6.12. The summed E-state index contributed by atoms with van der Waals surface area (Å²) in [5.74, 6) is 2.73. The van der Waals surface area contributed by atoms with Crippen LogP contribution >= 0.6 is 24.0 Å².